The Morgan fingerprint density at radius 3 is 2.03 bits per heavy atom. The molecule has 0 aliphatic carbocycles. The molecule has 0 aliphatic rings. The van der Waals surface area contributed by atoms with Crippen LogP contribution in [0, 0.1) is 0 Å². The lowest BCUT2D eigenvalue weighted by Gasteiger charge is -2.15. The molecule has 8 heteroatoms. The smallest absolute Gasteiger partial charge is 0.408 e. The zero-order valence-electron chi connectivity index (χ0n) is 21.1. The maximum Gasteiger partial charge on any atom is 0.408 e. The zero-order valence-corrected chi connectivity index (χ0v) is 21.1. The number of aliphatic carboxylic acids is 1. The molecule has 8 nitrogen and oxygen atoms in total. The van der Waals surface area contributed by atoms with Gasteiger partial charge in [0.2, 0.25) is 0 Å². The molecule has 0 heterocycles. The number of hydrogen-bond donors (Lipinski definition) is 3. The standard InChI is InChI=1S/C31H28N2O6/c34-29(25-10-5-2-6-11-25)32-26-12-7-13-27(19-26)38-20-23-14-16-24(17-15-23)21-39-31(37)33-28(30(35)36)18-22-8-3-1-4-9-22/h1-17,19,28H,18,20-21H2,(H,32,34)(H,33,37)(H,35,36). The first-order valence-electron chi connectivity index (χ1n) is 12.3. The summed E-state index contributed by atoms with van der Waals surface area (Å²) in [7, 11) is 0. The van der Waals surface area contributed by atoms with Crippen molar-refractivity contribution in [1.29, 1.82) is 0 Å². The molecule has 1 unspecified atom stereocenters. The van der Waals surface area contributed by atoms with Gasteiger partial charge in [-0.2, -0.15) is 0 Å². The Kier molecular flexibility index (Phi) is 9.28. The van der Waals surface area contributed by atoms with Crippen molar-refractivity contribution < 1.29 is 29.0 Å². The third-order valence-electron chi connectivity index (χ3n) is 5.80. The Morgan fingerprint density at radius 2 is 1.36 bits per heavy atom. The Balaban J connectivity index is 1.23. The summed E-state index contributed by atoms with van der Waals surface area (Å²) < 4.78 is 11.1. The quantitative estimate of drug-likeness (QED) is 0.241. The number of hydrogen-bond acceptors (Lipinski definition) is 5. The second-order valence-corrected chi connectivity index (χ2v) is 8.75. The number of benzene rings is 4. The molecule has 3 N–H and O–H groups in total. The fourth-order valence-corrected chi connectivity index (χ4v) is 3.74. The van der Waals surface area contributed by atoms with Crippen LogP contribution < -0.4 is 15.4 Å². The third-order valence-corrected chi connectivity index (χ3v) is 5.80. The number of carboxylic acid groups (broad SMARTS) is 1. The second-order valence-electron chi connectivity index (χ2n) is 8.75. The Labute approximate surface area is 226 Å². The van der Waals surface area contributed by atoms with E-state index in [2.05, 4.69) is 10.6 Å². The van der Waals surface area contributed by atoms with Gasteiger partial charge < -0.3 is 25.2 Å². The fraction of sp³-hybridized carbons (Fsp3) is 0.129. The molecule has 4 aromatic rings. The average Bonchev–Trinajstić information content (AvgIpc) is 2.96. The first-order valence-corrected chi connectivity index (χ1v) is 12.3. The molecule has 4 rings (SSSR count). The van der Waals surface area contributed by atoms with Crippen molar-refractivity contribution in [3.8, 4) is 5.75 Å². The summed E-state index contributed by atoms with van der Waals surface area (Å²) in [6.45, 7) is 0.297. The molecule has 0 bridgehead atoms. The number of carboxylic acids is 1. The molecular formula is C31H28N2O6. The van der Waals surface area contributed by atoms with Crippen molar-refractivity contribution in [2.45, 2.75) is 25.7 Å². The summed E-state index contributed by atoms with van der Waals surface area (Å²) in [6.07, 6.45) is -0.646. The minimum Gasteiger partial charge on any atom is -0.489 e. The van der Waals surface area contributed by atoms with Gasteiger partial charge >= 0.3 is 12.1 Å². The van der Waals surface area contributed by atoms with E-state index in [1.165, 1.54) is 0 Å². The van der Waals surface area contributed by atoms with Gasteiger partial charge in [-0.1, -0.05) is 78.9 Å². The number of alkyl carbamates (subject to hydrolysis) is 1. The highest BCUT2D eigenvalue weighted by Gasteiger charge is 2.21. The first-order chi connectivity index (χ1) is 19.0. The summed E-state index contributed by atoms with van der Waals surface area (Å²) in [4.78, 5) is 36.1. The maximum atomic E-state index is 12.4. The van der Waals surface area contributed by atoms with Crippen LogP contribution in [0.3, 0.4) is 0 Å². The van der Waals surface area contributed by atoms with Gasteiger partial charge in [-0.3, -0.25) is 4.79 Å². The summed E-state index contributed by atoms with van der Waals surface area (Å²) in [6, 6.07) is 31.4. The van der Waals surface area contributed by atoms with Crippen LogP contribution in [0.25, 0.3) is 0 Å². The van der Waals surface area contributed by atoms with Crippen molar-refractivity contribution in [2.75, 3.05) is 5.32 Å². The lowest BCUT2D eigenvalue weighted by molar-refractivity contribution is -0.139. The molecule has 39 heavy (non-hydrogen) atoms. The van der Waals surface area contributed by atoms with Crippen molar-refractivity contribution in [2.24, 2.45) is 0 Å². The molecule has 0 spiro atoms. The SMILES string of the molecule is O=C(NC(Cc1ccccc1)C(=O)O)OCc1ccc(COc2cccc(NC(=O)c3ccccc3)c2)cc1. The van der Waals surface area contributed by atoms with Crippen molar-refractivity contribution in [1.82, 2.24) is 5.32 Å². The van der Waals surface area contributed by atoms with E-state index in [4.69, 9.17) is 9.47 Å². The molecule has 0 radical (unpaired) electrons. The van der Waals surface area contributed by atoms with E-state index in [-0.39, 0.29) is 18.9 Å². The maximum absolute atomic E-state index is 12.4. The predicted octanol–water partition coefficient (Wildman–Crippen LogP) is 5.44. The van der Waals surface area contributed by atoms with Gasteiger partial charge in [0.25, 0.3) is 5.91 Å². The summed E-state index contributed by atoms with van der Waals surface area (Å²) in [5, 5.41) is 14.7. The fourth-order valence-electron chi connectivity index (χ4n) is 3.74. The lowest BCUT2D eigenvalue weighted by atomic mass is 10.1. The van der Waals surface area contributed by atoms with Crippen molar-refractivity contribution in [3.63, 3.8) is 0 Å². The van der Waals surface area contributed by atoms with Crippen LogP contribution in [0.1, 0.15) is 27.0 Å². The minimum atomic E-state index is -1.13. The molecule has 2 amide bonds. The largest absolute Gasteiger partial charge is 0.489 e. The third kappa shape index (κ3) is 8.46. The number of nitrogens with one attached hydrogen (secondary N) is 2. The number of anilines is 1. The lowest BCUT2D eigenvalue weighted by Crippen LogP contribution is -2.42. The van der Waals surface area contributed by atoms with E-state index in [9.17, 15) is 19.5 Å². The van der Waals surface area contributed by atoms with Gasteiger partial charge in [-0.15, -0.1) is 0 Å². The molecule has 0 saturated carbocycles. The first kappa shape index (κ1) is 26.9. The van der Waals surface area contributed by atoms with Gasteiger partial charge in [0.1, 0.15) is 25.0 Å². The van der Waals surface area contributed by atoms with E-state index in [1.807, 2.05) is 48.5 Å². The highest BCUT2D eigenvalue weighted by atomic mass is 16.5. The monoisotopic (exact) mass is 524 g/mol. The summed E-state index contributed by atoms with van der Waals surface area (Å²) in [5.74, 6) is -0.730. The zero-order chi connectivity index (χ0) is 27.5. The van der Waals surface area contributed by atoms with Gasteiger partial charge in [-0.05, 0) is 41.0 Å². The highest BCUT2D eigenvalue weighted by Crippen LogP contribution is 2.20. The molecule has 198 valence electrons. The normalized spacial score (nSPS) is 11.2. The minimum absolute atomic E-state index is 0.00615. The van der Waals surface area contributed by atoms with Crippen LogP contribution in [0.5, 0.6) is 5.75 Å². The van der Waals surface area contributed by atoms with Gasteiger partial charge in [-0.25, -0.2) is 9.59 Å². The van der Waals surface area contributed by atoms with Crippen LogP contribution >= 0.6 is 0 Å². The van der Waals surface area contributed by atoms with Gasteiger partial charge in [0, 0.05) is 23.7 Å². The van der Waals surface area contributed by atoms with E-state index >= 15 is 0 Å². The average molecular weight is 525 g/mol. The predicted molar refractivity (Wildman–Crippen MR) is 147 cm³/mol. The molecule has 0 aromatic heterocycles. The topological polar surface area (TPSA) is 114 Å². The van der Waals surface area contributed by atoms with Gasteiger partial charge in [0.15, 0.2) is 0 Å². The van der Waals surface area contributed by atoms with Crippen molar-refractivity contribution >= 4 is 23.7 Å². The summed E-state index contributed by atoms with van der Waals surface area (Å²) >= 11 is 0. The Hall–Kier alpha value is -5.11. The van der Waals surface area contributed by atoms with Crippen LogP contribution in [0.2, 0.25) is 0 Å². The summed E-state index contributed by atoms with van der Waals surface area (Å²) in [5.41, 5.74) is 3.64. The van der Waals surface area contributed by atoms with E-state index in [1.54, 1.807) is 60.7 Å². The molecule has 0 fully saturated rings. The van der Waals surface area contributed by atoms with Crippen LogP contribution in [-0.4, -0.2) is 29.1 Å². The number of ether oxygens (including phenoxy) is 2. The number of carbonyl (C=O) groups excluding carboxylic acids is 2. The molecule has 1 atom stereocenters. The number of carbonyl (C=O) groups is 3. The molecule has 4 aromatic carbocycles. The second kappa shape index (κ2) is 13.4. The Bertz CT molecular complexity index is 1390. The molecular weight excluding hydrogens is 496 g/mol. The molecule has 0 aliphatic heterocycles. The van der Waals surface area contributed by atoms with E-state index in [0.717, 1.165) is 16.7 Å². The highest BCUT2D eigenvalue weighted by molar-refractivity contribution is 6.04. The van der Waals surface area contributed by atoms with Crippen LogP contribution in [-0.2, 0) is 29.2 Å². The van der Waals surface area contributed by atoms with E-state index in [0.29, 0.717) is 23.6 Å². The Morgan fingerprint density at radius 1 is 0.718 bits per heavy atom. The van der Waals surface area contributed by atoms with E-state index < -0.39 is 18.1 Å². The van der Waals surface area contributed by atoms with Crippen LogP contribution in [0.15, 0.2) is 109 Å². The number of rotatable bonds is 11. The van der Waals surface area contributed by atoms with Crippen molar-refractivity contribution in [3.05, 3.63) is 131 Å². The molecule has 0 saturated heterocycles. The van der Waals surface area contributed by atoms with Crippen LogP contribution in [0.4, 0.5) is 10.5 Å². The van der Waals surface area contributed by atoms with Gasteiger partial charge in [0.05, 0.1) is 0 Å². The number of amides is 2.